The average molecular weight is 357 g/mol. The van der Waals surface area contributed by atoms with E-state index in [0.717, 1.165) is 9.32 Å². The van der Waals surface area contributed by atoms with Crippen molar-refractivity contribution in [2.75, 3.05) is 6.61 Å². The highest BCUT2D eigenvalue weighted by Crippen LogP contribution is 2.32. The Morgan fingerprint density at radius 1 is 1.33 bits per heavy atom. The summed E-state index contributed by atoms with van der Waals surface area (Å²) < 4.78 is 6.77. The second-order valence-electron chi connectivity index (χ2n) is 5.90. The molecule has 0 aliphatic heterocycles. The van der Waals surface area contributed by atoms with Crippen LogP contribution in [0.3, 0.4) is 0 Å². The van der Waals surface area contributed by atoms with Gasteiger partial charge in [-0.25, -0.2) is 0 Å². The first-order chi connectivity index (χ1) is 8.25. The quantitative estimate of drug-likeness (QED) is 0.747. The van der Waals surface area contributed by atoms with E-state index in [1.807, 2.05) is 6.07 Å². The number of benzene rings is 1. The van der Waals surface area contributed by atoms with Crippen molar-refractivity contribution in [3.05, 3.63) is 26.8 Å². The van der Waals surface area contributed by atoms with E-state index in [1.54, 1.807) is 0 Å². The molecular formula is C15H20INO. The van der Waals surface area contributed by atoms with Crippen LogP contribution in [0.1, 0.15) is 45.7 Å². The van der Waals surface area contributed by atoms with Gasteiger partial charge >= 0.3 is 0 Å². The van der Waals surface area contributed by atoms with Crippen LogP contribution in [-0.4, -0.2) is 6.61 Å². The molecule has 98 valence electrons. The maximum absolute atomic E-state index is 9.26. The van der Waals surface area contributed by atoms with Gasteiger partial charge in [0.05, 0.1) is 15.7 Å². The highest BCUT2D eigenvalue weighted by atomic mass is 127. The molecule has 0 atom stereocenters. The van der Waals surface area contributed by atoms with Gasteiger partial charge in [-0.1, -0.05) is 34.6 Å². The van der Waals surface area contributed by atoms with Crippen molar-refractivity contribution in [1.29, 1.82) is 5.26 Å². The highest BCUT2D eigenvalue weighted by Gasteiger charge is 2.19. The van der Waals surface area contributed by atoms with E-state index in [9.17, 15) is 5.26 Å². The molecule has 1 aromatic carbocycles. The van der Waals surface area contributed by atoms with Crippen molar-refractivity contribution in [2.45, 2.75) is 40.0 Å². The van der Waals surface area contributed by atoms with Gasteiger partial charge in [-0.15, -0.1) is 0 Å². The van der Waals surface area contributed by atoms with E-state index in [4.69, 9.17) is 4.74 Å². The summed E-state index contributed by atoms with van der Waals surface area (Å²) in [6.07, 6.45) is 0. The Hall–Kier alpha value is -0.760. The lowest BCUT2D eigenvalue weighted by Gasteiger charge is -2.21. The molecule has 1 rings (SSSR count). The van der Waals surface area contributed by atoms with Gasteiger partial charge in [0.2, 0.25) is 0 Å². The molecule has 0 saturated heterocycles. The van der Waals surface area contributed by atoms with Gasteiger partial charge in [0.1, 0.15) is 11.8 Å². The van der Waals surface area contributed by atoms with Gasteiger partial charge < -0.3 is 4.74 Å². The Bertz CT molecular complexity index is 467. The van der Waals surface area contributed by atoms with Crippen LogP contribution < -0.4 is 4.74 Å². The molecule has 0 aromatic heterocycles. The standard InChI is InChI=1S/C15H20INO/c1-10(2)9-18-14-11(8-17)6-12(7-13(14)16)15(3,4)5/h6-7,10H,9H2,1-5H3. The van der Waals surface area contributed by atoms with E-state index in [-0.39, 0.29) is 5.41 Å². The zero-order valence-corrected chi connectivity index (χ0v) is 13.8. The van der Waals surface area contributed by atoms with Crippen molar-refractivity contribution in [2.24, 2.45) is 5.92 Å². The topological polar surface area (TPSA) is 33.0 Å². The second kappa shape index (κ2) is 5.92. The first-order valence-corrected chi connectivity index (χ1v) is 7.20. The zero-order valence-electron chi connectivity index (χ0n) is 11.7. The molecule has 0 fully saturated rings. The first-order valence-electron chi connectivity index (χ1n) is 6.12. The predicted molar refractivity (Wildman–Crippen MR) is 82.9 cm³/mol. The highest BCUT2D eigenvalue weighted by molar-refractivity contribution is 14.1. The van der Waals surface area contributed by atoms with E-state index >= 15 is 0 Å². The van der Waals surface area contributed by atoms with Crippen LogP contribution in [0.25, 0.3) is 0 Å². The molecule has 0 spiro atoms. The van der Waals surface area contributed by atoms with Crippen LogP contribution in [-0.2, 0) is 5.41 Å². The summed E-state index contributed by atoms with van der Waals surface area (Å²) in [5.74, 6) is 1.18. The Labute approximate surface area is 123 Å². The summed E-state index contributed by atoms with van der Waals surface area (Å²) >= 11 is 2.25. The van der Waals surface area contributed by atoms with E-state index in [1.165, 1.54) is 5.56 Å². The molecule has 0 heterocycles. The minimum absolute atomic E-state index is 0.0437. The fourth-order valence-corrected chi connectivity index (χ4v) is 2.29. The predicted octanol–water partition coefficient (Wildman–Crippen LogP) is 4.50. The van der Waals surface area contributed by atoms with Crippen LogP contribution in [0.5, 0.6) is 5.75 Å². The summed E-state index contributed by atoms with van der Waals surface area (Å²) in [5.41, 5.74) is 1.84. The lowest BCUT2D eigenvalue weighted by Crippen LogP contribution is -2.13. The zero-order chi connectivity index (χ0) is 13.9. The molecule has 18 heavy (non-hydrogen) atoms. The van der Waals surface area contributed by atoms with Crippen LogP contribution >= 0.6 is 22.6 Å². The van der Waals surface area contributed by atoms with Crippen molar-refractivity contribution >= 4 is 22.6 Å². The van der Waals surface area contributed by atoms with Gasteiger partial charge in [-0.05, 0) is 51.6 Å². The number of hydrogen-bond donors (Lipinski definition) is 0. The number of ether oxygens (including phenoxy) is 1. The van der Waals surface area contributed by atoms with Crippen molar-refractivity contribution < 1.29 is 4.74 Å². The molecule has 1 aromatic rings. The third kappa shape index (κ3) is 3.88. The third-order valence-corrected chi connectivity index (χ3v) is 3.39. The number of nitrogens with zero attached hydrogens (tertiary/aromatic N) is 1. The van der Waals surface area contributed by atoms with E-state index in [2.05, 4.69) is 69.3 Å². The Balaban J connectivity index is 3.18. The lowest BCUT2D eigenvalue weighted by atomic mass is 9.86. The summed E-state index contributed by atoms with van der Waals surface area (Å²) in [5, 5.41) is 9.26. The molecule has 0 aliphatic carbocycles. The average Bonchev–Trinajstić information content (AvgIpc) is 2.24. The molecule has 3 heteroatoms. The largest absolute Gasteiger partial charge is 0.491 e. The third-order valence-electron chi connectivity index (χ3n) is 2.59. The summed E-state index contributed by atoms with van der Waals surface area (Å²) in [6, 6.07) is 6.29. The van der Waals surface area contributed by atoms with Crippen LogP contribution in [0.15, 0.2) is 12.1 Å². The fourth-order valence-electron chi connectivity index (χ4n) is 1.51. The number of hydrogen-bond acceptors (Lipinski definition) is 2. The maximum Gasteiger partial charge on any atom is 0.150 e. The molecule has 0 aliphatic rings. The van der Waals surface area contributed by atoms with Crippen LogP contribution in [0.2, 0.25) is 0 Å². The van der Waals surface area contributed by atoms with Gasteiger partial charge in [0, 0.05) is 0 Å². The number of rotatable bonds is 3. The molecule has 0 amide bonds. The van der Waals surface area contributed by atoms with E-state index < -0.39 is 0 Å². The maximum atomic E-state index is 9.26. The molecule has 0 unspecified atom stereocenters. The monoisotopic (exact) mass is 357 g/mol. The normalized spacial score (nSPS) is 11.4. The van der Waals surface area contributed by atoms with Gasteiger partial charge in [-0.2, -0.15) is 5.26 Å². The number of nitriles is 1. The Morgan fingerprint density at radius 3 is 2.39 bits per heavy atom. The first kappa shape index (κ1) is 15.3. The van der Waals surface area contributed by atoms with Crippen LogP contribution in [0.4, 0.5) is 0 Å². The minimum atomic E-state index is 0.0437. The SMILES string of the molecule is CC(C)COc1c(I)cc(C(C)(C)C)cc1C#N. The lowest BCUT2D eigenvalue weighted by molar-refractivity contribution is 0.268. The van der Waals surface area contributed by atoms with Gasteiger partial charge in [0.15, 0.2) is 0 Å². The summed E-state index contributed by atoms with van der Waals surface area (Å²) in [6.45, 7) is 11.3. The summed E-state index contributed by atoms with van der Waals surface area (Å²) in [7, 11) is 0. The van der Waals surface area contributed by atoms with E-state index in [0.29, 0.717) is 18.1 Å². The molecule has 0 N–H and O–H groups in total. The fraction of sp³-hybridized carbons (Fsp3) is 0.533. The molecule has 2 nitrogen and oxygen atoms in total. The summed E-state index contributed by atoms with van der Waals surface area (Å²) in [4.78, 5) is 0. The second-order valence-corrected chi connectivity index (χ2v) is 7.06. The van der Waals surface area contributed by atoms with Crippen molar-refractivity contribution in [3.63, 3.8) is 0 Å². The molecule has 0 radical (unpaired) electrons. The van der Waals surface area contributed by atoms with Gasteiger partial charge in [0.25, 0.3) is 0 Å². The Kier molecular flexibility index (Phi) is 5.03. The number of halogens is 1. The van der Waals surface area contributed by atoms with Crippen LogP contribution in [0, 0.1) is 20.8 Å². The van der Waals surface area contributed by atoms with Gasteiger partial charge in [-0.3, -0.25) is 0 Å². The minimum Gasteiger partial charge on any atom is -0.491 e. The van der Waals surface area contributed by atoms with Crippen molar-refractivity contribution in [1.82, 2.24) is 0 Å². The molecular weight excluding hydrogens is 337 g/mol. The van der Waals surface area contributed by atoms with Crippen molar-refractivity contribution in [3.8, 4) is 11.8 Å². The molecule has 0 saturated carbocycles. The molecule has 0 bridgehead atoms. The smallest absolute Gasteiger partial charge is 0.150 e. The Morgan fingerprint density at radius 2 is 1.94 bits per heavy atom.